The number of nitrogens with zero attached hydrogens (tertiary/aromatic N) is 1. The van der Waals surface area contributed by atoms with Crippen molar-refractivity contribution in [1.29, 1.82) is 0 Å². The minimum Gasteiger partial charge on any atom is -0.312 e. The monoisotopic (exact) mass is 298 g/mol. The Labute approximate surface area is 125 Å². The Kier molecular flexibility index (Phi) is 4.04. The summed E-state index contributed by atoms with van der Waals surface area (Å²) in [5, 5.41) is 5.13. The van der Waals surface area contributed by atoms with Crippen LogP contribution in [0, 0.1) is 5.92 Å². The molecular weight excluding hydrogens is 279 g/mol. The van der Waals surface area contributed by atoms with Gasteiger partial charge in [-0.3, -0.25) is 4.90 Å². The molecule has 0 saturated carbocycles. The van der Waals surface area contributed by atoms with Gasteiger partial charge in [0.15, 0.2) is 0 Å². The van der Waals surface area contributed by atoms with Gasteiger partial charge in [0.2, 0.25) is 0 Å². The predicted molar refractivity (Wildman–Crippen MR) is 81.0 cm³/mol. The van der Waals surface area contributed by atoms with E-state index in [2.05, 4.69) is 23.2 Å². The molecule has 0 radical (unpaired) electrons. The molecule has 2 aliphatic heterocycles. The van der Waals surface area contributed by atoms with Crippen molar-refractivity contribution in [3.05, 3.63) is 33.8 Å². The summed E-state index contributed by atoms with van der Waals surface area (Å²) in [4.78, 5) is 2.54. The fourth-order valence-corrected chi connectivity index (χ4v) is 4.00. The van der Waals surface area contributed by atoms with Crippen molar-refractivity contribution in [3.63, 3.8) is 0 Å². The molecule has 1 aromatic rings. The van der Waals surface area contributed by atoms with Crippen LogP contribution in [0.15, 0.2) is 18.2 Å². The quantitative estimate of drug-likeness (QED) is 0.895. The molecular formula is C15H20Cl2N2. The lowest BCUT2D eigenvalue weighted by atomic mass is 9.94. The number of halogens is 2. The van der Waals surface area contributed by atoms with Gasteiger partial charge in [0.25, 0.3) is 0 Å². The normalized spacial score (nSPS) is 29.2. The number of piperidine rings is 1. The van der Waals surface area contributed by atoms with Crippen LogP contribution < -0.4 is 5.32 Å². The molecule has 2 fully saturated rings. The largest absolute Gasteiger partial charge is 0.312 e. The Morgan fingerprint density at radius 3 is 2.89 bits per heavy atom. The van der Waals surface area contributed by atoms with Crippen molar-refractivity contribution in [2.45, 2.75) is 31.8 Å². The van der Waals surface area contributed by atoms with Crippen LogP contribution in [0.3, 0.4) is 0 Å². The zero-order valence-corrected chi connectivity index (χ0v) is 12.7. The summed E-state index contributed by atoms with van der Waals surface area (Å²) in [5.74, 6) is 0.808. The Balaban J connectivity index is 1.75. The van der Waals surface area contributed by atoms with Crippen LogP contribution in [0.4, 0.5) is 0 Å². The summed E-state index contributed by atoms with van der Waals surface area (Å²) in [6, 6.07) is 6.86. The number of hydrogen-bond acceptors (Lipinski definition) is 2. The summed E-state index contributed by atoms with van der Waals surface area (Å²) in [7, 11) is 0. The molecule has 0 amide bonds. The van der Waals surface area contributed by atoms with E-state index in [1.54, 1.807) is 0 Å². The molecule has 1 N–H and O–H groups in total. The second kappa shape index (κ2) is 5.61. The Bertz CT molecular complexity index is 449. The molecule has 3 rings (SSSR count). The number of nitrogens with one attached hydrogen (secondary N) is 1. The van der Waals surface area contributed by atoms with E-state index in [1.807, 2.05) is 12.1 Å². The number of hydrogen-bond donors (Lipinski definition) is 1. The highest BCUT2D eigenvalue weighted by atomic mass is 35.5. The van der Waals surface area contributed by atoms with Crippen molar-refractivity contribution in [3.8, 4) is 0 Å². The molecule has 2 saturated heterocycles. The molecule has 0 aliphatic carbocycles. The van der Waals surface area contributed by atoms with E-state index < -0.39 is 0 Å². The fraction of sp³-hybridized carbons (Fsp3) is 0.600. The summed E-state index contributed by atoms with van der Waals surface area (Å²) in [6.45, 7) is 5.72. The summed E-state index contributed by atoms with van der Waals surface area (Å²) in [5.41, 5.74) is 1.18. The Morgan fingerprint density at radius 2 is 2.16 bits per heavy atom. The lowest BCUT2D eigenvalue weighted by Crippen LogP contribution is -2.40. The SMILES string of the molecule is CC(c1ccc(Cl)cc1Cl)N1CC2CCCNC2C1. The van der Waals surface area contributed by atoms with Gasteiger partial charge < -0.3 is 5.32 Å². The minimum atomic E-state index is 0.358. The van der Waals surface area contributed by atoms with Gasteiger partial charge >= 0.3 is 0 Å². The summed E-state index contributed by atoms with van der Waals surface area (Å²) < 4.78 is 0. The van der Waals surface area contributed by atoms with Crippen LogP contribution in [0.25, 0.3) is 0 Å². The molecule has 2 nitrogen and oxygen atoms in total. The molecule has 3 unspecified atom stereocenters. The average Bonchev–Trinajstić information content (AvgIpc) is 2.81. The molecule has 3 atom stereocenters. The molecule has 0 aromatic heterocycles. The van der Waals surface area contributed by atoms with Gasteiger partial charge in [-0.05, 0) is 49.9 Å². The lowest BCUT2D eigenvalue weighted by molar-refractivity contribution is 0.251. The van der Waals surface area contributed by atoms with Crippen LogP contribution in [-0.2, 0) is 0 Å². The number of rotatable bonds is 2. The maximum Gasteiger partial charge on any atom is 0.0468 e. The lowest BCUT2D eigenvalue weighted by Gasteiger charge is -2.25. The molecule has 2 heterocycles. The van der Waals surface area contributed by atoms with Crippen LogP contribution in [0.2, 0.25) is 10.0 Å². The number of fused-ring (bicyclic) bond motifs is 1. The fourth-order valence-electron chi connectivity index (χ4n) is 3.43. The second-order valence-corrected chi connectivity index (χ2v) is 6.60. The van der Waals surface area contributed by atoms with Gasteiger partial charge in [0.05, 0.1) is 0 Å². The van der Waals surface area contributed by atoms with Crippen molar-refractivity contribution >= 4 is 23.2 Å². The van der Waals surface area contributed by atoms with E-state index in [0.29, 0.717) is 17.1 Å². The Hall–Kier alpha value is -0.280. The maximum atomic E-state index is 6.33. The van der Waals surface area contributed by atoms with Gasteiger partial charge in [-0.2, -0.15) is 0 Å². The van der Waals surface area contributed by atoms with Crippen molar-refractivity contribution in [2.75, 3.05) is 19.6 Å². The average molecular weight is 299 g/mol. The minimum absolute atomic E-state index is 0.358. The van der Waals surface area contributed by atoms with Crippen LogP contribution in [0.5, 0.6) is 0 Å². The van der Waals surface area contributed by atoms with Gasteiger partial charge in [0.1, 0.15) is 0 Å². The first kappa shape index (κ1) is 13.7. The van der Waals surface area contributed by atoms with Gasteiger partial charge in [-0.1, -0.05) is 29.3 Å². The molecule has 4 heteroatoms. The van der Waals surface area contributed by atoms with E-state index in [1.165, 1.54) is 31.5 Å². The zero-order chi connectivity index (χ0) is 13.4. The predicted octanol–water partition coefficient (Wildman–Crippen LogP) is 3.74. The van der Waals surface area contributed by atoms with Gasteiger partial charge in [-0.15, -0.1) is 0 Å². The third kappa shape index (κ3) is 2.78. The topological polar surface area (TPSA) is 15.3 Å². The number of likely N-dealkylation sites (tertiary alicyclic amines) is 1. The van der Waals surface area contributed by atoms with Gasteiger partial charge in [-0.25, -0.2) is 0 Å². The second-order valence-electron chi connectivity index (χ2n) is 5.76. The van der Waals surface area contributed by atoms with Crippen LogP contribution in [-0.4, -0.2) is 30.6 Å². The van der Waals surface area contributed by atoms with Crippen molar-refractivity contribution in [1.82, 2.24) is 10.2 Å². The Morgan fingerprint density at radius 1 is 1.32 bits per heavy atom. The third-order valence-electron chi connectivity index (χ3n) is 4.59. The maximum absolute atomic E-state index is 6.33. The molecule has 19 heavy (non-hydrogen) atoms. The first-order chi connectivity index (χ1) is 9.15. The zero-order valence-electron chi connectivity index (χ0n) is 11.2. The highest BCUT2D eigenvalue weighted by Crippen LogP contribution is 2.34. The smallest absolute Gasteiger partial charge is 0.0468 e. The van der Waals surface area contributed by atoms with E-state index in [-0.39, 0.29) is 0 Å². The highest BCUT2D eigenvalue weighted by molar-refractivity contribution is 6.35. The first-order valence-electron chi connectivity index (χ1n) is 7.07. The van der Waals surface area contributed by atoms with Crippen LogP contribution in [0.1, 0.15) is 31.4 Å². The van der Waals surface area contributed by atoms with E-state index in [9.17, 15) is 0 Å². The molecule has 104 valence electrons. The van der Waals surface area contributed by atoms with E-state index >= 15 is 0 Å². The van der Waals surface area contributed by atoms with Crippen LogP contribution >= 0.6 is 23.2 Å². The summed E-state index contributed by atoms with van der Waals surface area (Å²) >= 11 is 12.3. The van der Waals surface area contributed by atoms with Crippen molar-refractivity contribution in [2.24, 2.45) is 5.92 Å². The van der Waals surface area contributed by atoms with E-state index in [0.717, 1.165) is 17.5 Å². The molecule has 2 aliphatic rings. The van der Waals surface area contributed by atoms with E-state index in [4.69, 9.17) is 23.2 Å². The first-order valence-corrected chi connectivity index (χ1v) is 7.83. The molecule has 0 spiro atoms. The third-order valence-corrected chi connectivity index (χ3v) is 5.15. The van der Waals surface area contributed by atoms with Crippen molar-refractivity contribution < 1.29 is 0 Å². The molecule has 0 bridgehead atoms. The highest BCUT2D eigenvalue weighted by Gasteiger charge is 2.36. The number of benzene rings is 1. The van der Waals surface area contributed by atoms with Gasteiger partial charge in [0, 0.05) is 35.2 Å². The summed E-state index contributed by atoms with van der Waals surface area (Å²) in [6.07, 6.45) is 2.67. The molecule has 1 aromatic carbocycles. The standard InChI is InChI=1S/C15H20Cl2N2/c1-10(13-5-4-12(16)7-14(13)17)19-8-11-3-2-6-18-15(11)9-19/h4-5,7,10-11,15,18H,2-3,6,8-9H2,1H3.